The molecule has 1 atom stereocenters. The maximum atomic E-state index is 12.8. The highest BCUT2D eigenvalue weighted by atomic mass is 32.2. The molecule has 6 nitrogen and oxygen atoms in total. The van der Waals surface area contributed by atoms with E-state index in [1.807, 2.05) is 39.8 Å². The van der Waals surface area contributed by atoms with Crippen molar-refractivity contribution in [2.75, 3.05) is 19.8 Å². The van der Waals surface area contributed by atoms with Gasteiger partial charge in [0.15, 0.2) is 5.16 Å². The zero-order valence-electron chi connectivity index (χ0n) is 13.4. The zero-order chi connectivity index (χ0) is 16.4. The van der Waals surface area contributed by atoms with E-state index in [2.05, 4.69) is 10.2 Å². The first-order valence-corrected chi connectivity index (χ1v) is 9.21. The molecule has 7 heteroatoms. The Hall–Kier alpha value is -1.86. The molecular formula is C17H20N4O2S. The second kappa shape index (κ2) is 6.94. The molecule has 2 aliphatic rings. The average Bonchev–Trinajstić information content (AvgIpc) is 3.24. The van der Waals surface area contributed by atoms with Gasteiger partial charge in [-0.1, -0.05) is 30.0 Å². The third-order valence-corrected chi connectivity index (χ3v) is 5.83. The Morgan fingerprint density at radius 3 is 2.71 bits per heavy atom. The zero-order valence-corrected chi connectivity index (χ0v) is 14.2. The highest BCUT2D eigenvalue weighted by molar-refractivity contribution is 8.00. The fourth-order valence-corrected chi connectivity index (χ4v) is 4.42. The van der Waals surface area contributed by atoms with E-state index in [1.54, 1.807) is 6.33 Å². The summed E-state index contributed by atoms with van der Waals surface area (Å²) in [6.45, 7) is 2.35. The predicted molar refractivity (Wildman–Crippen MR) is 91.2 cm³/mol. The summed E-state index contributed by atoms with van der Waals surface area (Å²) in [7, 11) is 0. The molecule has 1 unspecified atom stereocenters. The van der Waals surface area contributed by atoms with Gasteiger partial charge in [0.1, 0.15) is 6.33 Å². The van der Waals surface area contributed by atoms with Crippen LogP contribution in [0.5, 0.6) is 0 Å². The lowest BCUT2D eigenvalue weighted by molar-refractivity contribution is -0.130. The number of carbonyl (C=O) groups is 1. The van der Waals surface area contributed by atoms with Gasteiger partial charge in [0, 0.05) is 31.5 Å². The van der Waals surface area contributed by atoms with E-state index in [4.69, 9.17) is 4.74 Å². The number of hydrogen-bond acceptors (Lipinski definition) is 5. The quantitative estimate of drug-likeness (QED) is 0.850. The minimum absolute atomic E-state index is 0.0699. The van der Waals surface area contributed by atoms with Crippen LogP contribution in [0.2, 0.25) is 0 Å². The van der Waals surface area contributed by atoms with Crippen molar-refractivity contribution >= 4 is 17.7 Å². The summed E-state index contributed by atoms with van der Waals surface area (Å²) in [6, 6.07) is 10.3. The van der Waals surface area contributed by atoms with Gasteiger partial charge in [0.25, 0.3) is 0 Å². The summed E-state index contributed by atoms with van der Waals surface area (Å²) in [4.78, 5) is 14.8. The molecule has 0 spiro atoms. The van der Waals surface area contributed by atoms with Crippen molar-refractivity contribution in [3.8, 4) is 5.69 Å². The highest BCUT2D eigenvalue weighted by Gasteiger charge is 2.37. The van der Waals surface area contributed by atoms with E-state index in [-0.39, 0.29) is 11.2 Å². The first kappa shape index (κ1) is 15.7. The molecule has 2 fully saturated rings. The maximum Gasteiger partial charge on any atom is 0.236 e. The summed E-state index contributed by atoms with van der Waals surface area (Å²) in [6.07, 6.45) is 4.46. The fraction of sp³-hybridized carbons (Fsp3) is 0.471. The van der Waals surface area contributed by atoms with E-state index >= 15 is 0 Å². The van der Waals surface area contributed by atoms with Crippen molar-refractivity contribution < 1.29 is 9.53 Å². The number of amides is 1. The Bertz CT molecular complexity index is 700. The van der Waals surface area contributed by atoms with Gasteiger partial charge < -0.3 is 9.64 Å². The number of rotatable bonds is 4. The van der Waals surface area contributed by atoms with Crippen molar-refractivity contribution in [2.24, 2.45) is 0 Å². The molecule has 1 aromatic carbocycles. The summed E-state index contributed by atoms with van der Waals surface area (Å²) in [5, 5.41) is 8.94. The lowest BCUT2D eigenvalue weighted by Gasteiger charge is -2.31. The number of aromatic nitrogens is 3. The first-order valence-electron chi connectivity index (χ1n) is 8.33. The Labute approximate surface area is 145 Å². The molecule has 4 rings (SSSR count). The molecule has 1 aromatic heterocycles. The molecule has 0 bridgehead atoms. The molecule has 0 aliphatic carbocycles. The standard InChI is InChI=1S/C17H20N4O2S/c22-16-15(6-9-20(16)14-7-10-23-11-8-14)24-17-19-18-12-21(17)13-4-2-1-3-5-13/h1-5,12,14-15H,6-11H2. The Morgan fingerprint density at radius 1 is 1.12 bits per heavy atom. The van der Waals surface area contributed by atoms with Gasteiger partial charge in [0.2, 0.25) is 5.91 Å². The van der Waals surface area contributed by atoms with Crippen LogP contribution in [-0.4, -0.2) is 56.6 Å². The van der Waals surface area contributed by atoms with E-state index in [1.165, 1.54) is 11.8 Å². The van der Waals surface area contributed by atoms with Crippen molar-refractivity contribution in [3.63, 3.8) is 0 Å². The SMILES string of the molecule is O=C1C(Sc2nncn2-c2ccccc2)CCN1C1CCOCC1. The maximum absolute atomic E-state index is 12.8. The molecule has 126 valence electrons. The van der Waals surface area contributed by atoms with E-state index in [9.17, 15) is 4.79 Å². The minimum Gasteiger partial charge on any atom is -0.381 e. The number of hydrogen-bond donors (Lipinski definition) is 0. The number of likely N-dealkylation sites (tertiary alicyclic amines) is 1. The van der Waals surface area contributed by atoms with E-state index in [0.717, 1.165) is 49.9 Å². The van der Waals surface area contributed by atoms with Gasteiger partial charge in [0.05, 0.1) is 5.25 Å². The lowest BCUT2D eigenvalue weighted by atomic mass is 10.1. The molecule has 2 aromatic rings. The van der Waals surface area contributed by atoms with Gasteiger partial charge in [-0.15, -0.1) is 10.2 Å². The number of ether oxygens (including phenoxy) is 1. The molecule has 0 N–H and O–H groups in total. The summed E-state index contributed by atoms with van der Waals surface area (Å²) >= 11 is 1.52. The third kappa shape index (κ3) is 3.06. The molecule has 0 saturated carbocycles. The van der Waals surface area contributed by atoms with Gasteiger partial charge >= 0.3 is 0 Å². The Morgan fingerprint density at radius 2 is 1.92 bits per heavy atom. The van der Waals surface area contributed by atoms with Gasteiger partial charge in [-0.05, 0) is 31.4 Å². The normalized spacial score (nSPS) is 22.2. The minimum atomic E-state index is -0.0699. The van der Waals surface area contributed by atoms with Crippen LogP contribution in [0.4, 0.5) is 0 Å². The predicted octanol–water partition coefficient (Wildman–Crippen LogP) is 2.14. The molecule has 24 heavy (non-hydrogen) atoms. The Kier molecular flexibility index (Phi) is 4.53. The van der Waals surface area contributed by atoms with Crippen LogP contribution in [-0.2, 0) is 9.53 Å². The topological polar surface area (TPSA) is 60.2 Å². The van der Waals surface area contributed by atoms with Crippen molar-refractivity contribution in [1.29, 1.82) is 0 Å². The molecule has 2 aliphatic heterocycles. The smallest absolute Gasteiger partial charge is 0.236 e. The number of carbonyl (C=O) groups excluding carboxylic acids is 1. The van der Waals surface area contributed by atoms with Crippen LogP contribution in [0.3, 0.4) is 0 Å². The Balaban J connectivity index is 1.47. The number of benzene rings is 1. The van der Waals surface area contributed by atoms with Gasteiger partial charge in [-0.3, -0.25) is 9.36 Å². The molecule has 3 heterocycles. The summed E-state index contributed by atoms with van der Waals surface area (Å²) in [5.41, 5.74) is 1.01. The summed E-state index contributed by atoms with van der Waals surface area (Å²) in [5.74, 6) is 0.231. The van der Waals surface area contributed by atoms with Crippen LogP contribution >= 0.6 is 11.8 Å². The second-order valence-electron chi connectivity index (χ2n) is 6.09. The summed E-state index contributed by atoms with van der Waals surface area (Å²) < 4.78 is 7.35. The van der Waals surface area contributed by atoms with Gasteiger partial charge in [-0.25, -0.2) is 0 Å². The fourth-order valence-electron chi connectivity index (χ4n) is 3.34. The molecule has 2 saturated heterocycles. The first-order chi connectivity index (χ1) is 11.8. The molecule has 0 radical (unpaired) electrons. The van der Waals surface area contributed by atoms with Crippen LogP contribution in [0, 0.1) is 0 Å². The van der Waals surface area contributed by atoms with Gasteiger partial charge in [-0.2, -0.15) is 0 Å². The van der Waals surface area contributed by atoms with Crippen LogP contribution in [0.1, 0.15) is 19.3 Å². The van der Waals surface area contributed by atoms with Crippen molar-refractivity contribution in [3.05, 3.63) is 36.7 Å². The van der Waals surface area contributed by atoms with E-state index < -0.39 is 0 Å². The highest BCUT2D eigenvalue weighted by Crippen LogP contribution is 2.32. The largest absolute Gasteiger partial charge is 0.381 e. The lowest BCUT2D eigenvalue weighted by Crippen LogP contribution is -2.41. The van der Waals surface area contributed by atoms with Crippen molar-refractivity contribution in [1.82, 2.24) is 19.7 Å². The monoisotopic (exact) mass is 344 g/mol. The second-order valence-corrected chi connectivity index (χ2v) is 7.26. The van der Waals surface area contributed by atoms with Crippen molar-refractivity contribution in [2.45, 2.75) is 35.7 Å². The third-order valence-electron chi connectivity index (χ3n) is 4.62. The van der Waals surface area contributed by atoms with Crippen LogP contribution in [0.25, 0.3) is 5.69 Å². The molecule has 1 amide bonds. The van der Waals surface area contributed by atoms with Crippen LogP contribution < -0.4 is 0 Å². The number of nitrogens with zero attached hydrogens (tertiary/aromatic N) is 4. The molecular weight excluding hydrogens is 324 g/mol. The van der Waals surface area contributed by atoms with Crippen LogP contribution in [0.15, 0.2) is 41.8 Å². The average molecular weight is 344 g/mol. The number of para-hydroxylation sites is 1. The van der Waals surface area contributed by atoms with E-state index in [0.29, 0.717) is 6.04 Å². The number of thioether (sulfide) groups is 1.